The Balaban J connectivity index is 2.32. The van der Waals surface area contributed by atoms with E-state index in [1.165, 1.54) is 37.5 Å². The number of hydrogen-bond acceptors (Lipinski definition) is 5. The van der Waals surface area contributed by atoms with Crippen molar-refractivity contribution in [1.29, 1.82) is 5.26 Å². The number of nitrogens with zero attached hydrogens (tertiary/aromatic N) is 2. The molecule has 0 aliphatic rings. The van der Waals surface area contributed by atoms with Gasteiger partial charge in [-0.1, -0.05) is 12.1 Å². The molecule has 6 nitrogen and oxygen atoms in total. The summed E-state index contributed by atoms with van der Waals surface area (Å²) in [6, 6.07) is 13.9. The SMILES string of the molecule is COc1cccc(C(=O)/C(C#N)=C/c2ccc([N+](=O)[O-])cc2)c1. The monoisotopic (exact) mass is 308 g/mol. The van der Waals surface area contributed by atoms with Crippen molar-refractivity contribution in [3.05, 3.63) is 75.3 Å². The average molecular weight is 308 g/mol. The number of benzene rings is 2. The van der Waals surface area contributed by atoms with E-state index in [-0.39, 0.29) is 11.3 Å². The van der Waals surface area contributed by atoms with Gasteiger partial charge in [-0.05, 0) is 35.9 Å². The van der Waals surface area contributed by atoms with Crippen molar-refractivity contribution in [3.8, 4) is 11.8 Å². The summed E-state index contributed by atoms with van der Waals surface area (Å²) < 4.78 is 5.05. The minimum absolute atomic E-state index is 0.0558. The number of carbonyl (C=O) groups is 1. The van der Waals surface area contributed by atoms with Crippen LogP contribution in [0.5, 0.6) is 5.75 Å². The molecule has 2 rings (SSSR count). The van der Waals surface area contributed by atoms with E-state index in [1.54, 1.807) is 24.3 Å². The molecule has 2 aromatic rings. The standard InChI is InChI=1S/C17H12N2O4/c1-23-16-4-2-3-13(10-16)17(20)14(11-18)9-12-5-7-15(8-6-12)19(21)22/h2-10H,1H3/b14-9+. The zero-order valence-corrected chi connectivity index (χ0v) is 12.2. The van der Waals surface area contributed by atoms with Gasteiger partial charge in [0, 0.05) is 17.7 Å². The fraction of sp³-hybridized carbons (Fsp3) is 0.0588. The second kappa shape index (κ2) is 7.00. The van der Waals surface area contributed by atoms with E-state index in [0.717, 1.165) is 0 Å². The van der Waals surface area contributed by atoms with Gasteiger partial charge in [-0.25, -0.2) is 0 Å². The molecule has 0 heterocycles. The first-order valence-corrected chi connectivity index (χ1v) is 6.60. The molecule has 0 aliphatic carbocycles. The molecular weight excluding hydrogens is 296 g/mol. The number of allylic oxidation sites excluding steroid dienone is 1. The first-order valence-electron chi connectivity index (χ1n) is 6.60. The summed E-state index contributed by atoms with van der Waals surface area (Å²) in [4.78, 5) is 22.5. The first-order chi connectivity index (χ1) is 11.0. The van der Waals surface area contributed by atoms with Crippen molar-refractivity contribution in [2.75, 3.05) is 7.11 Å². The molecule has 23 heavy (non-hydrogen) atoms. The van der Waals surface area contributed by atoms with E-state index in [2.05, 4.69) is 0 Å². The smallest absolute Gasteiger partial charge is 0.269 e. The quantitative estimate of drug-likeness (QED) is 0.277. The van der Waals surface area contributed by atoms with Crippen LogP contribution in [0.15, 0.2) is 54.1 Å². The summed E-state index contributed by atoms with van der Waals surface area (Å²) in [7, 11) is 1.49. The highest BCUT2D eigenvalue weighted by molar-refractivity contribution is 6.14. The largest absolute Gasteiger partial charge is 0.497 e. The van der Waals surface area contributed by atoms with Crippen LogP contribution in [0.4, 0.5) is 5.69 Å². The Labute approximate surface area is 132 Å². The third-order valence-electron chi connectivity index (χ3n) is 3.11. The highest BCUT2D eigenvalue weighted by Crippen LogP contribution is 2.19. The number of rotatable bonds is 5. The number of nitro groups is 1. The summed E-state index contributed by atoms with van der Waals surface area (Å²) in [5, 5.41) is 19.8. The van der Waals surface area contributed by atoms with Gasteiger partial charge in [0.1, 0.15) is 17.4 Å². The van der Waals surface area contributed by atoms with E-state index >= 15 is 0 Å². The summed E-state index contributed by atoms with van der Waals surface area (Å²) in [5.74, 6) is 0.0771. The zero-order chi connectivity index (χ0) is 16.8. The van der Waals surface area contributed by atoms with Crippen molar-refractivity contribution in [1.82, 2.24) is 0 Å². The van der Waals surface area contributed by atoms with E-state index in [4.69, 9.17) is 4.74 Å². The first kappa shape index (κ1) is 15.9. The van der Waals surface area contributed by atoms with Crippen molar-refractivity contribution in [2.24, 2.45) is 0 Å². The van der Waals surface area contributed by atoms with Gasteiger partial charge in [0.05, 0.1) is 12.0 Å². The maximum atomic E-state index is 12.4. The molecule has 0 saturated heterocycles. The van der Waals surface area contributed by atoms with Gasteiger partial charge in [-0.3, -0.25) is 14.9 Å². The van der Waals surface area contributed by atoms with Gasteiger partial charge in [0.15, 0.2) is 0 Å². The molecule has 114 valence electrons. The molecule has 0 N–H and O–H groups in total. The lowest BCUT2D eigenvalue weighted by molar-refractivity contribution is -0.384. The molecule has 2 aromatic carbocycles. The molecule has 0 bridgehead atoms. The van der Waals surface area contributed by atoms with Gasteiger partial charge < -0.3 is 4.74 Å². The fourth-order valence-corrected chi connectivity index (χ4v) is 1.93. The van der Waals surface area contributed by atoms with Crippen molar-refractivity contribution >= 4 is 17.5 Å². The average Bonchev–Trinajstić information content (AvgIpc) is 2.59. The lowest BCUT2D eigenvalue weighted by Crippen LogP contribution is -2.02. The van der Waals surface area contributed by atoms with Crippen LogP contribution in [0.2, 0.25) is 0 Å². The lowest BCUT2D eigenvalue weighted by atomic mass is 10.0. The van der Waals surface area contributed by atoms with Crippen molar-refractivity contribution < 1.29 is 14.5 Å². The van der Waals surface area contributed by atoms with Crippen LogP contribution in [0.1, 0.15) is 15.9 Å². The Hall–Kier alpha value is -3.46. The minimum Gasteiger partial charge on any atom is -0.497 e. The summed E-state index contributed by atoms with van der Waals surface area (Å²) in [6.45, 7) is 0. The second-order valence-electron chi connectivity index (χ2n) is 4.58. The summed E-state index contributed by atoms with van der Waals surface area (Å²) in [5.41, 5.74) is 0.745. The fourth-order valence-electron chi connectivity index (χ4n) is 1.93. The molecular formula is C17H12N2O4. The Morgan fingerprint density at radius 2 is 1.96 bits per heavy atom. The van der Waals surface area contributed by atoms with Crippen LogP contribution < -0.4 is 4.74 Å². The topological polar surface area (TPSA) is 93.2 Å². The van der Waals surface area contributed by atoms with E-state index in [9.17, 15) is 20.2 Å². The number of hydrogen-bond donors (Lipinski definition) is 0. The maximum absolute atomic E-state index is 12.4. The van der Waals surface area contributed by atoms with Gasteiger partial charge in [-0.2, -0.15) is 5.26 Å². The number of nitro benzene ring substituents is 1. The summed E-state index contributed by atoms with van der Waals surface area (Å²) >= 11 is 0. The third kappa shape index (κ3) is 3.80. The number of ether oxygens (including phenoxy) is 1. The van der Waals surface area contributed by atoms with Crippen molar-refractivity contribution in [2.45, 2.75) is 0 Å². The molecule has 6 heteroatoms. The van der Waals surface area contributed by atoms with Gasteiger partial charge in [-0.15, -0.1) is 0 Å². The lowest BCUT2D eigenvalue weighted by Gasteiger charge is -2.03. The van der Waals surface area contributed by atoms with Crippen molar-refractivity contribution in [3.63, 3.8) is 0 Å². The highest BCUT2D eigenvalue weighted by atomic mass is 16.6. The highest BCUT2D eigenvalue weighted by Gasteiger charge is 2.13. The Kier molecular flexibility index (Phi) is 4.85. The van der Waals surface area contributed by atoms with Crippen LogP contribution in [0.3, 0.4) is 0 Å². The number of nitriles is 1. The number of carbonyl (C=O) groups excluding carboxylic acids is 1. The molecule has 0 saturated carbocycles. The number of ketones is 1. The third-order valence-corrected chi connectivity index (χ3v) is 3.11. The summed E-state index contributed by atoms with van der Waals surface area (Å²) in [6.07, 6.45) is 1.39. The number of non-ortho nitro benzene ring substituents is 1. The molecule has 0 aromatic heterocycles. The molecule has 0 fully saturated rings. The Morgan fingerprint density at radius 3 is 2.52 bits per heavy atom. The zero-order valence-electron chi connectivity index (χ0n) is 12.2. The van der Waals surface area contributed by atoms with E-state index < -0.39 is 10.7 Å². The second-order valence-corrected chi connectivity index (χ2v) is 4.58. The number of methoxy groups -OCH3 is 1. The Bertz CT molecular complexity index is 817. The van der Waals surface area contributed by atoms with Gasteiger partial charge in [0.2, 0.25) is 5.78 Å². The van der Waals surface area contributed by atoms with Crippen LogP contribution in [0.25, 0.3) is 6.08 Å². The van der Waals surface area contributed by atoms with Crippen LogP contribution >= 0.6 is 0 Å². The molecule has 0 aliphatic heterocycles. The predicted molar refractivity (Wildman–Crippen MR) is 84.0 cm³/mol. The molecule has 0 spiro atoms. The van der Waals surface area contributed by atoms with E-state index in [0.29, 0.717) is 16.9 Å². The van der Waals surface area contributed by atoms with Crippen LogP contribution in [-0.4, -0.2) is 17.8 Å². The number of Topliss-reactive ketones (excluding diaryl/α,β-unsaturated/α-hetero) is 1. The predicted octanol–water partition coefficient (Wildman–Crippen LogP) is 3.39. The van der Waals surface area contributed by atoms with Gasteiger partial charge in [0.25, 0.3) is 5.69 Å². The molecule has 0 radical (unpaired) electrons. The molecule has 0 amide bonds. The minimum atomic E-state index is -0.514. The molecule has 0 atom stereocenters. The maximum Gasteiger partial charge on any atom is 0.269 e. The molecule has 0 unspecified atom stereocenters. The van der Waals surface area contributed by atoms with Gasteiger partial charge >= 0.3 is 0 Å². The van der Waals surface area contributed by atoms with Crippen LogP contribution in [-0.2, 0) is 0 Å². The normalized spacial score (nSPS) is 10.7. The van der Waals surface area contributed by atoms with Crippen LogP contribution in [0, 0.1) is 21.4 Å². The van der Waals surface area contributed by atoms with E-state index in [1.807, 2.05) is 6.07 Å². The Morgan fingerprint density at radius 1 is 1.26 bits per heavy atom.